The minimum atomic E-state index is 0.0728. The molecule has 0 saturated heterocycles. The topological polar surface area (TPSA) is 102 Å². The number of aliphatic imine (C=N–C) groups is 2. The van der Waals surface area contributed by atoms with E-state index in [9.17, 15) is 0 Å². The Bertz CT molecular complexity index is 1730. The largest absolute Gasteiger partial charge is 0.286 e. The lowest BCUT2D eigenvalue weighted by Crippen LogP contribution is -2.17. The summed E-state index contributed by atoms with van der Waals surface area (Å²) < 4.78 is 0. The van der Waals surface area contributed by atoms with E-state index in [2.05, 4.69) is 159 Å². The van der Waals surface area contributed by atoms with Crippen molar-refractivity contribution in [3.63, 3.8) is 0 Å². The van der Waals surface area contributed by atoms with Gasteiger partial charge in [-0.05, 0) is 39.7 Å². The Morgan fingerprint density at radius 2 is 1.00 bits per heavy atom. The molecule has 0 saturated carbocycles. The van der Waals surface area contributed by atoms with E-state index in [1.54, 1.807) is 12.7 Å². The first-order valence-electron chi connectivity index (χ1n) is 18.4. The molecule has 0 aromatic carbocycles. The van der Waals surface area contributed by atoms with E-state index < -0.39 is 0 Å². The van der Waals surface area contributed by atoms with E-state index in [-0.39, 0.29) is 21.7 Å². The average molecular weight is 697 g/mol. The Balaban J connectivity index is 0.000000134. The average Bonchev–Trinajstić information content (AvgIpc) is 3.89. The van der Waals surface area contributed by atoms with Crippen LogP contribution in [0.4, 0.5) is 5.69 Å². The minimum Gasteiger partial charge on any atom is -0.286 e. The zero-order valence-electron chi connectivity index (χ0n) is 33.3. The summed E-state index contributed by atoms with van der Waals surface area (Å²) in [4.78, 5) is 34.4. The molecule has 272 valence electrons. The van der Waals surface area contributed by atoms with E-state index in [0.29, 0.717) is 6.54 Å². The van der Waals surface area contributed by atoms with Gasteiger partial charge >= 0.3 is 0 Å². The molecule has 8 heteroatoms. The predicted octanol–water partition coefficient (Wildman–Crippen LogP) is 9.64. The van der Waals surface area contributed by atoms with Gasteiger partial charge in [0, 0.05) is 66.0 Å². The zero-order chi connectivity index (χ0) is 37.9. The molecule has 0 radical (unpaired) electrons. The van der Waals surface area contributed by atoms with Crippen molar-refractivity contribution in [3.05, 3.63) is 111 Å². The Morgan fingerprint density at radius 3 is 1.60 bits per heavy atom. The van der Waals surface area contributed by atoms with Gasteiger partial charge in [0.1, 0.15) is 12.7 Å². The molecule has 4 aromatic heterocycles. The molecule has 0 fully saturated rings. The molecule has 8 rings (SSSR count). The summed E-state index contributed by atoms with van der Waals surface area (Å²) in [5.41, 5.74) is 14.9. The molecule has 4 aliphatic rings. The van der Waals surface area contributed by atoms with Crippen molar-refractivity contribution in [2.45, 2.75) is 131 Å². The SMILES string of the molecule is CC(C)(C)c1ccnc2c1C=CC2.CC(C)(C)c1ccnc2c1N=CC2.CC(C)(C)c1ncnc2c1C=CC2.CC(C)(C)c1ncnc2c1C=NC2. The number of nitrogens with zero attached hydrogens (tertiary/aromatic N) is 8. The molecule has 0 bridgehead atoms. The van der Waals surface area contributed by atoms with Gasteiger partial charge in [-0.15, -0.1) is 0 Å². The van der Waals surface area contributed by atoms with Crippen molar-refractivity contribution in [2.24, 2.45) is 9.98 Å². The highest BCUT2D eigenvalue weighted by Gasteiger charge is 2.25. The Labute approximate surface area is 311 Å². The van der Waals surface area contributed by atoms with E-state index >= 15 is 0 Å². The van der Waals surface area contributed by atoms with E-state index in [4.69, 9.17) is 0 Å². The van der Waals surface area contributed by atoms with Crippen LogP contribution in [0.2, 0.25) is 0 Å². The standard InChI is InChI=1S/C12H15N.2C11H14N2.C10H13N3/c1-12(2,3)10-7-8-13-11-6-4-5-9(10)11;1-11(2,3)8-4-6-12-9-5-7-13-10(8)9;1-11(2,3)10-8-5-4-6-9(8)12-7-13-10;1-10(2,3)9-7-4-11-5-8(7)12-6-13-9/h4-5,7-8H,6H2,1-3H3;4,6-7H,5H2,1-3H3;4-5,7H,6H2,1-3H3;4,6H,5H2,1-3H3. The second kappa shape index (κ2) is 15.1. The molecule has 2 aliphatic carbocycles. The number of hydrogen-bond donors (Lipinski definition) is 0. The van der Waals surface area contributed by atoms with E-state index in [1.165, 1.54) is 33.6 Å². The Kier molecular flexibility index (Phi) is 11.2. The summed E-state index contributed by atoms with van der Waals surface area (Å²) in [7, 11) is 0. The molecule has 0 spiro atoms. The van der Waals surface area contributed by atoms with Gasteiger partial charge in [0.05, 0.1) is 46.4 Å². The molecule has 0 N–H and O–H groups in total. The number of fused-ring (bicyclic) bond motifs is 4. The monoisotopic (exact) mass is 696 g/mol. The van der Waals surface area contributed by atoms with Gasteiger partial charge in [-0.3, -0.25) is 20.0 Å². The summed E-state index contributed by atoms with van der Waals surface area (Å²) in [5.74, 6) is 0. The van der Waals surface area contributed by atoms with Crippen LogP contribution in [0.25, 0.3) is 12.2 Å². The summed E-state index contributed by atoms with van der Waals surface area (Å²) >= 11 is 0. The quantitative estimate of drug-likeness (QED) is 0.181. The van der Waals surface area contributed by atoms with Gasteiger partial charge in [0.2, 0.25) is 0 Å². The first kappa shape index (κ1) is 38.5. The Morgan fingerprint density at radius 1 is 0.481 bits per heavy atom. The molecule has 2 aliphatic heterocycles. The van der Waals surface area contributed by atoms with Crippen molar-refractivity contribution < 1.29 is 0 Å². The highest BCUT2D eigenvalue weighted by Crippen LogP contribution is 2.35. The van der Waals surface area contributed by atoms with Gasteiger partial charge in [-0.25, -0.2) is 19.9 Å². The lowest BCUT2D eigenvalue weighted by Gasteiger charge is -2.21. The van der Waals surface area contributed by atoms with Gasteiger partial charge in [0.25, 0.3) is 0 Å². The smallest absolute Gasteiger partial charge is 0.116 e. The fourth-order valence-electron chi connectivity index (χ4n) is 6.60. The van der Waals surface area contributed by atoms with Crippen LogP contribution in [0, 0.1) is 0 Å². The van der Waals surface area contributed by atoms with E-state index in [0.717, 1.165) is 53.3 Å². The van der Waals surface area contributed by atoms with Crippen LogP contribution >= 0.6 is 0 Å². The summed E-state index contributed by atoms with van der Waals surface area (Å²) in [6.07, 6.45) is 22.4. The van der Waals surface area contributed by atoms with Crippen molar-refractivity contribution in [3.8, 4) is 0 Å². The summed E-state index contributed by atoms with van der Waals surface area (Å²) in [6, 6.07) is 4.20. The highest BCUT2D eigenvalue weighted by molar-refractivity contribution is 5.85. The van der Waals surface area contributed by atoms with Crippen LogP contribution in [0.5, 0.6) is 0 Å². The fourth-order valence-corrected chi connectivity index (χ4v) is 6.60. The molecule has 0 unspecified atom stereocenters. The first-order valence-corrected chi connectivity index (χ1v) is 18.4. The molecule has 52 heavy (non-hydrogen) atoms. The van der Waals surface area contributed by atoms with Crippen molar-refractivity contribution in [1.82, 2.24) is 29.9 Å². The van der Waals surface area contributed by atoms with Crippen LogP contribution in [-0.4, -0.2) is 42.3 Å². The summed E-state index contributed by atoms with van der Waals surface area (Å²) in [5, 5.41) is 0. The predicted molar refractivity (Wildman–Crippen MR) is 216 cm³/mol. The van der Waals surface area contributed by atoms with Crippen LogP contribution < -0.4 is 0 Å². The van der Waals surface area contributed by atoms with Crippen molar-refractivity contribution in [1.29, 1.82) is 0 Å². The van der Waals surface area contributed by atoms with Gasteiger partial charge < -0.3 is 0 Å². The second-order valence-corrected chi connectivity index (χ2v) is 17.7. The molecular formula is C44H56N8. The number of rotatable bonds is 0. The maximum absolute atomic E-state index is 4.38. The zero-order valence-corrected chi connectivity index (χ0v) is 33.3. The fraction of sp³-hybridized carbons (Fsp3) is 0.455. The van der Waals surface area contributed by atoms with Gasteiger partial charge in [0.15, 0.2) is 0 Å². The molecule has 0 atom stereocenters. The molecular weight excluding hydrogens is 641 g/mol. The third-order valence-corrected chi connectivity index (χ3v) is 9.20. The second-order valence-electron chi connectivity index (χ2n) is 17.7. The maximum Gasteiger partial charge on any atom is 0.116 e. The number of pyridine rings is 2. The molecule has 4 aromatic rings. The van der Waals surface area contributed by atoms with Crippen LogP contribution in [0.1, 0.15) is 145 Å². The molecule has 6 heterocycles. The minimum absolute atomic E-state index is 0.0728. The molecule has 8 nitrogen and oxygen atoms in total. The van der Waals surface area contributed by atoms with Crippen LogP contribution in [0.15, 0.2) is 59.3 Å². The number of hydrogen-bond acceptors (Lipinski definition) is 8. The normalized spacial score (nSPS) is 14.7. The van der Waals surface area contributed by atoms with Crippen LogP contribution in [-0.2, 0) is 47.5 Å². The molecule has 0 amide bonds. The Hall–Kier alpha value is -4.72. The number of allylic oxidation sites excluding steroid dienone is 2. The maximum atomic E-state index is 4.38. The summed E-state index contributed by atoms with van der Waals surface area (Å²) in [6.45, 7) is 27.1. The van der Waals surface area contributed by atoms with Crippen molar-refractivity contribution in [2.75, 3.05) is 0 Å². The highest BCUT2D eigenvalue weighted by atomic mass is 14.9. The van der Waals surface area contributed by atoms with Crippen molar-refractivity contribution >= 4 is 30.3 Å². The van der Waals surface area contributed by atoms with Crippen LogP contribution in [0.3, 0.4) is 0 Å². The van der Waals surface area contributed by atoms with Gasteiger partial charge in [-0.1, -0.05) is 107 Å². The number of aromatic nitrogens is 6. The lowest BCUT2D eigenvalue weighted by atomic mass is 9.84. The van der Waals surface area contributed by atoms with E-state index in [1.807, 2.05) is 24.8 Å². The lowest BCUT2D eigenvalue weighted by molar-refractivity contribution is 0.564. The van der Waals surface area contributed by atoms with Gasteiger partial charge in [-0.2, -0.15) is 0 Å². The third-order valence-electron chi connectivity index (χ3n) is 9.20. The first-order chi connectivity index (χ1) is 24.4. The third kappa shape index (κ3) is 9.01.